The van der Waals surface area contributed by atoms with Gasteiger partial charge < -0.3 is 9.47 Å². The molecule has 0 spiro atoms. The molecule has 24 heavy (non-hydrogen) atoms. The van der Waals surface area contributed by atoms with Crippen molar-refractivity contribution >= 4 is 22.7 Å². The van der Waals surface area contributed by atoms with Crippen molar-refractivity contribution in [3.8, 4) is 0 Å². The first kappa shape index (κ1) is 15.7. The van der Waals surface area contributed by atoms with Crippen LogP contribution in [-0.4, -0.2) is 19.0 Å². The summed E-state index contributed by atoms with van der Waals surface area (Å²) in [7, 11) is 1.27. The number of ether oxygens (including phenoxy) is 2. The molecule has 0 saturated carbocycles. The van der Waals surface area contributed by atoms with Crippen LogP contribution in [0.3, 0.4) is 0 Å². The predicted octanol–water partition coefficient (Wildman–Crippen LogP) is 3.91. The predicted molar refractivity (Wildman–Crippen MR) is 90.6 cm³/mol. The molecule has 1 unspecified atom stereocenters. The zero-order valence-electron chi connectivity index (χ0n) is 13.1. The van der Waals surface area contributed by atoms with E-state index in [0.717, 1.165) is 10.8 Å². The van der Waals surface area contributed by atoms with Crippen LogP contribution in [-0.2, 0) is 14.3 Å². The van der Waals surface area contributed by atoms with E-state index in [4.69, 9.17) is 9.47 Å². The average Bonchev–Trinajstić information content (AvgIpc) is 2.65. The van der Waals surface area contributed by atoms with E-state index < -0.39 is 18.0 Å². The highest BCUT2D eigenvalue weighted by atomic mass is 16.6. The number of methoxy groups -OCH3 is 1. The van der Waals surface area contributed by atoms with Gasteiger partial charge in [0.15, 0.2) is 0 Å². The summed E-state index contributed by atoms with van der Waals surface area (Å²) in [5.41, 5.74) is 0.956. The van der Waals surface area contributed by atoms with E-state index in [2.05, 4.69) is 0 Å². The molecule has 0 aliphatic heterocycles. The Morgan fingerprint density at radius 1 is 0.833 bits per heavy atom. The monoisotopic (exact) mass is 320 g/mol. The molecular weight excluding hydrogens is 304 g/mol. The molecule has 4 heteroatoms. The topological polar surface area (TPSA) is 52.6 Å². The van der Waals surface area contributed by atoms with Gasteiger partial charge in [-0.05, 0) is 22.9 Å². The van der Waals surface area contributed by atoms with Gasteiger partial charge in [0, 0.05) is 5.56 Å². The Morgan fingerprint density at radius 2 is 1.50 bits per heavy atom. The zero-order valence-corrected chi connectivity index (χ0v) is 13.1. The molecule has 0 aliphatic carbocycles. The maximum absolute atomic E-state index is 12.5. The number of hydrogen-bond donors (Lipinski definition) is 0. The van der Waals surface area contributed by atoms with E-state index >= 15 is 0 Å². The second-order valence-corrected chi connectivity index (χ2v) is 5.28. The number of carbonyl (C=O) groups is 2. The minimum absolute atomic E-state index is 0.388. The molecule has 0 heterocycles. The van der Waals surface area contributed by atoms with Crippen molar-refractivity contribution in [2.24, 2.45) is 0 Å². The number of fused-ring (bicyclic) bond motifs is 1. The molecule has 0 fully saturated rings. The fourth-order valence-electron chi connectivity index (χ4n) is 2.48. The van der Waals surface area contributed by atoms with Gasteiger partial charge in [0.2, 0.25) is 6.10 Å². The van der Waals surface area contributed by atoms with Crippen LogP contribution in [0.15, 0.2) is 72.8 Å². The third kappa shape index (κ3) is 3.27. The second kappa shape index (κ2) is 6.96. The minimum Gasteiger partial charge on any atom is -0.466 e. The standard InChI is InChI=1S/C20H16O4/c1-23-20(22)18(15-8-3-2-4-9-15)24-19(21)17-12-11-14-7-5-6-10-16(14)13-17/h2-13,18H,1H3. The molecule has 0 aromatic heterocycles. The molecule has 0 radical (unpaired) electrons. The highest BCUT2D eigenvalue weighted by molar-refractivity contribution is 5.96. The number of rotatable bonds is 4. The van der Waals surface area contributed by atoms with Crippen molar-refractivity contribution < 1.29 is 19.1 Å². The lowest BCUT2D eigenvalue weighted by molar-refractivity contribution is -0.151. The summed E-state index contributed by atoms with van der Waals surface area (Å²) in [6.45, 7) is 0. The molecule has 3 aromatic rings. The Kier molecular flexibility index (Phi) is 4.57. The second-order valence-electron chi connectivity index (χ2n) is 5.28. The van der Waals surface area contributed by atoms with E-state index in [1.54, 1.807) is 36.4 Å². The first-order valence-corrected chi connectivity index (χ1v) is 7.51. The van der Waals surface area contributed by atoms with Gasteiger partial charge in [-0.15, -0.1) is 0 Å². The quantitative estimate of drug-likeness (QED) is 0.684. The highest BCUT2D eigenvalue weighted by Gasteiger charge is 2.26. The highest BCUT2D eigenvalue weighted by Crippen LogP contribution is 2.22. The van der Waals surface area contributed by atoms with Gasteiger partial charge in [0.1, 0.15) is 0 Å². The van der Waals surface area contributed by atoms with Gasteiger partial charge in [0.05, 0.1) is 12.7 Å². The van der Waals surface area contributed by atoms with Crippen molar-refractivity contribution in [3.63, 3.8) is 0 Å². The molecule has 1 atom stereocenters. The minimum atomic E-state index is -1.09. The molecule has 3 rings (SSSR count). The fourth-order valence-corrected chi connectivity index (χ4v) is 2.48. The lowest BCUT2D eigenvalue weighted by Gasteiger charge is -2.16. The van der Waals surface area contributed by atoms with Crippen LogP contribution in [0.1, 0.15) is 22.0 Å². The number of hydrogen-bond acceptors (Lipinski definition) is 4. The van der Waals surface area contributed by atoms with Gasteiger partial charge in [0.25, 0.3) is 0 Å². The Balaban J connectivity index is 1.88. The smallest absolute Gasteiger partial charge is 0.351 e. The van der Waals surface area contributed by atoms with Gasteiger partial charge >= 0.3 is 11.9 Å². The summed E-state index contributed by atoms with van der Waals surface area (Å²) in [5, 5.41) is 1.96. The Labute approximate surface area is 139 Å². The average molecular weight is 320 g/mol. The summed E-state index contributed by atoms with van der Waals surface area (Å²) in [4.78, 5) is 24.5. The van der Waals surface area contributed by atoms with E-state index in [0.29, 0.717) is 11.1 Å². The molecule has 0 amide bonds. The maximum Gasteiger partial charge on any atom is 0.351 e. The van der Waals surface area contributed by atoms with Crippen molar-refractivity contribution in [1.82, 2.24) is 0 Å². The van der Waals surface area contributed by atoms with Crippen LogP contribution in [0.4, 0.5) is 0 Å². The molecule has 3 aromatic carbocycles. The normalized spacial score (nSPS) is 11.7. The van der Waals surface area contributed by atoms with Crippen LogP contribution in [0.25, 0.3) is 10.8 Å². The van der Waals surface area contributed by atoms with Gasteiger partial charge in [-0.3, -0.25) is 0 Å². The molecular formula is C20H16O4. The van der Waals surface area contributed by atoms with Crippen molar-refractivity contribution in [2.75, 3.05) is 7.11 Å². The largest absolute Gasteiger partial charge is 0.466 e. The molecule has 120 valence electrons. The molecule has 0 bridgehead atoms. The molecule has 0 N–H and O–H groups in total. The summed E-state index contributed by atoms with van der Waals surface area (Å²) < 4.78 is 10.2. The van der Waals surface area contributed by atoms with Gasteiger partial charge in [-0.25, -0.2) is 9.59 Å². The Hall–Kier alpha value is -3.14. The van der Waals surface area contributed by atoms with Crippen molar-refractivity contribution in [1.29, 1.82) is 0 Å². The number of carbonyl (C=O) groups excluding carboxylic acids is 2. The zero-order chi connectivity index (χ0) is 16.9. The maximum atomic E-state index is 12.5. The van der Waals surface area contributed by atoms with Crippen LogP contribution < -0.4 is 0 Å². The van der Waals surface area contributed by atoms with E-state index in [9.17, 15) is 9.59 Å². The fraction of sp³-hybridized carbons (Fsp3) is 0.100. The number of esters is 2. The van der Waals surface area contributed by atoms with E-state index in [1.165, 1.54) is 7.11 Å². The van der Waals surface area contributed by atoms with Crippen LogP contribution >= 0.6 is 0 Å². The van der Waals surface area contributed by atoms with Crippen molar-refractivity contribution in [2.45, 2.75) is 6.10 Å². The Morgan fingerprint density at radius 3 is 2.21 bits per heavy atom. The van der Waals surface area contributed by atoms with Gasteiger partial charge in [-0.1, -0.05) is 60.7 Å². The number of benzene rings is 3. The first-order chi connectivity index (χ1) is 11.7. The lowest BCUT2D eigenvalue weighted by atomic mass is 10.1. The third-order valence-corrected chi connectivity index (χ3v) is 3.73. The van der Waals surface area contributed by atoms with E-state index in [1.807, 2.05) is 36.4 Å². The van der Waals surface area contributed by atoms with Crippen LogP contribution in [0.5, 0.6) is 0 Å². The molecule has 4 nitrogen and oxygen atoms in total. The van der Waals surface area contributed by atoms with Gasteiger partial charge in [-0.2, -0.15) is 0 Å². The molecule has 0 aliphatic rings. The summed E-state index contributed by atoms with van der Waals surface area (Å²) in [5.74, 6) is -1.18. The lowest BCUT2D eigenvalue weighted by Crippen LogP contribution is -2.21. The van der Waals surface area contributed by atoms with E-state index in [-0.39, 0.29) is 0 Å². The SMILES string of the molecule is COC(=O)C(OC(=O)c1ccc2ccccc2c1)c1ccccc1. The summed E-state index contributed by atoms with van der Waals surface area (Å²) in [6.07, 6.45) is -1.09. The van der Waals surface area contributed by atoms with Crippen molar-refractivity contribution in [3.05, 3.63) is 83.9 Å². The molecule has 0 saturated heterocycles. The third-order valence-electron chi connectivity index (χ3n) is 3.73. The summed E-state index contributed by atoms with van der Waals surface area (Å²) >= 11 is 0. The van der Waals surface area contributed by atoms with Crippen LogP contribution in [0, 0.1) is 0 Å². The summed E-state index contributed by atoms with van der Waals surface area (Å²) in [6, 6.07) is 21.8. The van der Waals surface area contributed by atoms with Crippen LogP contribution in [0.2, 0.25) is 0 Å². The first-order valence-electron chi connectivity index (χ1n) is 7.51. The Bertz CT molecular complexity index is 871.